The lowest BCUT2D eigenvalue weighted by Gasteiger charge is -2.56. The zero-order valence-corrected chi connectivity index (χ0v) is 19.5. The average molecular weight is 469 g/mol. The molecule has 2 aromatic rings. The number of rotatable bonds is 0. The number of aliphatic hydroxyl groups is 2. The molecule has 8 rings (SSSR count). The van der Waals surface area contributed by atoms with Gasteiger partial charge in [0, 0.05) is 29.1 Å². The molecule has 1 fully saturated rings. The predicted octanol–water partition coefficient (Wildman–Crippen LogP) is 7.12. The molecule has 5 aliphatic carbocycles. The van der Waals surface area contributed by atoms with Crippen LogP contribution in [0.25, 0.3) is 11.1 Å². The summed E-state index contributed by atoms with van der Waals surface area (Å²) in [6.07, 6.45) is 20.1. The molecule has 6 aliphatic rings. The number of ether oxygens (including phenoxy) is 1. The maximum Gasteiger partial charge on any atom is 0.115 e. The van der Waals surface area contributed by atoms with Crippen molar-refractivity contribution in [3.8, 4) is 11.1 Å². The van der Waals surface area contributed by atoms with Gasteiger partial charge >= 0.3 is 0 Å². The zero-order chi connectivity index (χ0) is 24.0. The van der Waals surface area contributed by atoms with Crippen LogP contribution in [-0.2, 0) is 10.2 Å². The van der Waals surface area contributed by atoms with Crippen molar-refractivity contribution < 1.29 is 14.9 Å². The quantitative estimate of drug-likeness (QED) is 0.433. The van der Waals surface area contributed by atoms with Gasteiger partial charge in [-0.2, -0.15) is 0 Å². The molecule has 1 aliphatic heterocycles. The fourth-order valence-corrected chi connectivity index (χ4v) is 7.61. The van der Waals surface area contributed by atoms with Gasteiger partial charge in [-0.15, -0.1) is 0 Å². The van der Waals surface area contributed by atoms with E-state index in [1.54, 1.807) is 0 Å². The van der Waals surface area contributed by atoms with Crippen LogP contribution in [-0.4, -0.2) is 10.2 Å². The van der Waals surface area contributed by atoms with E-state index < -0.39 is 5.41 Å². The Labute approximate surface area is 209 Å². The van der Waals surface area contributed by atoms with Crippen LogP contribution in [0.2, 0.25) is 0 Å². The van der Waals surface area contributed by atoms with E-state index in [9.17, 15) is 10.2 Å². The van der Waals surface area contributed by atoms with Crippen molar-refractivity contribution in [1.29, 1.82) is 0 Å². The summed E-state index contributed by atoms with van der Waals surface area (Å²) in [6.45, 7) is 0. The first-order valence-corrected chi connectivity index (χ1v) is 12.5. The van der Waals surface area contributed by atoms with Crippen molar-refractivity contribution in [2.75, 3.05) is 0 Å². The summed E-state index contributed by atoms with van der Waals surface area (Å²) >= 11 is 0. The van der Waals surface area contributed by atoms with E-state index in [-0.39, 0.29) is 35.2 Å². The van der Waals surface area contributed by atoms with Gasteiger partial charge in [0.2, 0.25) is 0 Å². The fraction of sp³-hybridized carbons (Fsp3) is 0.152. The van der Waals surface area contributed by atoms with E-state index in [1.165, 1.54) is 22.3 Å². The molecule has 3 heteroatoms. The molecule has 0 amide bonds. The van der Waals surface area contributed by atoms with Crippen molar-refractivity contribution in [2.45, 2.75) is 5.41 Å². The number of hydrogen-bond acceptors (Lipinski definition) is 3. The Kier molecular flexibility index (Phi) is 3.84. The highest BCUT2D eigenvalue weighted by Crippen LogP contribution is 2.68. The van der Waals surface area contributed by atoms with Crippen molar-refractivity contribution in [3.05, 3.63) is 155 Å². The summed E-state index contributed by atoms with van der Waals surface area (Å²) in [5.41, 5.74) is 7.00. The van der Waals surface area contributed by atoms with Crippen LogP contribution in [0.1, 0.15) is 11.1 Å². The average Bonchev–Trinajstić information content (AvgIpc) is 3.19. The first kappa shape index (κ1) is 20.0. The molecular formula is C33H24O3. The van der Waals surface area contributed by atoms with Crippen LogP contribution in [0.15, 0.2) is 143 Å². The van der Waals surface area contributed by atoms with Gasteiger partial charge in [0.25, 0.3) is 0 Å². The Hall–Kier alpha value is -4.24. The Morgan fingerprint density at radius 1 is 0.611 bits per heavy atom. The van der Waals surface area contributed by atoms with Gasteiger partial charge in [0.1, 0.15) is 23.0 Å². The molecule has 2 aromatic carbocycles. The van der Waals surface area contributed by atoms with Crippen LogP contribution in [0.3, 0.4) is 0 Å². The molecule has 0 saturated carbocycles. The minimum atomic E-state index is -0.395. The molecule has 4 unspecified atom stereocenters. The van der Waals surface area contributed by atoms with Crippen molar-refractivity contribution in [1.82, 2.24) is 0 Å². The summed E-state index contributed by atoms with van der Waals surface area (Å²) in [4.78, 5) is 0. The van der Waals surface area contributed by atoms with E-state index in [4.69, 9.17) is 4.74 Å². The lowest BCUT2D eigenvalue weighted by atomic mass is 9.49. The standard InChI is InChI=1S/C33H24O3/c34-21-11-13-23-19(17-21)9-15-29-31(23)33(27-7-3-1-5-25(27)26-6-2-4-8-28(26)33)32-24-14-12-22(35)18-20(24)10-16-30(32)36-29/h1-18,23-24,31-32,34-35H. The second-order valence-corrected chi connectivity index (χ2v) is 10.4. The first-order valence-electron chi connectivity index (χ1n) is 12.5. The van der Waals surface area contributed by atoms with E-state index >= 15 is 0 Å². The maximum absolute atomic E-state index is 10.3. The molecule has 3 nitrogen and oxygen atoms in total. The van der Waals surface area contributed by atoms with Crippen molar-refractivity contribution in [3.63, 3.8) is 0 Å². The van der Waals surface area contributed by atoms with Gasteiger partial charge < -0.3 is 14.9 Å². The number of allylic oxidation sites excluding steroid dienone is 14. The summed E-state index contributed by atoms with van der Waals surface area (Å²) < 4.78 is 6.76. The number of fused-ring (bicyclic) bond motifs is 13. The molecule has 1 saturated heterocycles. The van der Waals surface area contributed by atoms with Gasteiger partial charge in [-0.25, -0.2) is 0 Å². The van der Waals surface area contributed by atoms with Crippen LogP contribution >= 0.6 is 0 Å². The summed E-state index contributed by atoms with van der Waals surface area (Å²) in [6, 6.07) is 17.6. The van der Waals surface area contributed by atoms with Gasteiger partial charge in [0.05, 0.1) is 0 Å². The number of benzene rings is 2. The zero-order valence-electron chi connectivity index (χ0n) is 19.5. The highest BCUT2D eigenvalue weighted by Gasteiger charge is 2.63. The summed E-state index contributed by atoms with van der Waals surface area (Å²) in [5.74, 6) is 2.65. The molecule has 0 radical (unpaired) electrons. The number of aliphatic hydroxyl groups excluding tert-OH is 2. The maximum atomic E-state index is 10.3. The lowest BCUT2D eigenvalue weighted by Crippen LogP contribution is -2.54. The van der Waals surface area contributed by atoms with Crippen molar-refractivity contribution >= 4 is 0 Å². The topological polar surface area (TPSA) is 49.7 Å². The molecule has 0 aromatic heterocycles. The monoisotopic (exact) mass is 468 g/mol. The molecule has 174 valence electrons. The van der Waals surface area contributed by atoms with E-state index in [1.807, 2.05) is 24.3 Å². The minimum absolute atomic E-state index is 0.0114. The molecule has 2 N–H and O–H groups in total. The van der Waals surface area contributed by atoms with Crippen LogP contribution in [0, 0.1) is 23.7 Å². The third-order valence-corrected chi connectivity index (χ3v) is 8.81. The molecule has 36 heavy (non-hydrogen) atoms. The van der Waals surface area contributed by atoms with Gasteiger partial charge in [-0.1, -0.05) is 72.8 Å². The van der Waals surface area contributed by atoms with Gasteiger partial charge in [-0.3, -0.25) is 0 Å². The van der Waals surface area contributed by atoms with Crippen LogP contribution in [0.5, 0.6) is 0 Å². The van der Waals surface area contributed by atoms with Gasteiger partial charge in [0.15, 0.2) is 0 Å². The van der Waals surface area contributed by atoms with E-state index in [2.05, 4.69) is 85.0 Å². The van der Waals surface area contributed by atoms with Crippen LogP contribution in [0.4, 0.5) is 0 Å². The van der Waals surface area contributed by atoms with E-state index in [0.717, 1.165) is 22.7 Å². The Morgan fingerprint density at radius 3 is 1.58 bits per heavy atom. The largest absolute Gasteiger partial charge is 0.508 e. The summed E-state index contributed by atoms with van der Waals surface area (Å²) in [7, 11) is 0. The number of hydrogen-bond donors (Lipinski definition) is 2. The highest BCUT2D eigenvalue weighted by molar-refractivity contribution is 5.83. The molecular weight excluding hydrogens is 444 g/mol. The fourth-order valence-electron chi connectivity index (χ4n) is 7.61. The second-order valence-electron chi connectivity index (χ2n) is 10.4. The Morgan fingerprint density at radius 2 is 1.08 bits per heavy atom. The molecule has 1 heterocycles. The summed E-state index contributed by atoms with van der Waals surface area (Å²) in [5, 5.41) is 20.6. The molecule has 4 atom stereocenters. The SMILES string of the molecule is OC1=CC2=CC=C3OC4=CC=C5C=C(O)C=CC5C4C4(c5ccccc5-c5ccccc54)C3C2C=C1. The predicted molar refractivity (Wildman–Crippen MR) is 140 cm³/mol. The Balaban J connectivity index is 1.48. The molecule has 0 bridgehead atoms. The molecule has 1 spiro atoms. The third kappa shape index (κ3) is 2.38. The highest BCUT2D eigenvalue weighted by atomic mass is 16.5. The van der Waals surface area contributed by atoms with E-state index in [0.29, 0.717) is 0 Å². The first-order chi connectivity index (χ1) is 17.7. The normalized spacial score (nSPS) is 29.4. The van der Waals surface area contributed by atoms with Crippen molar-refractivity contribution in [2.24, 2.45) is 23.7 Å². The van der Waals surface area contributed by atoms with Gasteiger partial charge in [-0.05, 0) is 69.9 Å². The van der Waals surface area contributed by atoms with Crippen LogP contribution < -0.4 is 0 Å². The smallest absolute Gasteiger partial charge is 0.115 e. The minimum Gasteiger partial charge on any atom is -0.508 e. The Bertz CT molecular complexity index is 1480. The second kappa shape index (κ2) is 6.92. The third-order valence-electron chi connectivity index (χ3n) is 8.81. The lowest BCUT2D eigenvalue weighted by molar-refractivity contribution is 0.0523.